The highest BCUT2D eigenvalue weighted by Crippen LogP contribution is 2.34. The van der Waals surface area contributed by atoms with Gasteiger partial charge in [-0.3, -0.25) is 0 Å². The van der Waals surface area contributed by atoms with Crippen LogP contribution in [0, 0.1) is 0 Å². The van der Waals surface area contributed by atoms with Crippen molar-refractivity contribution in [3.8, 4) is 0 Å². The summed E-state index contributed by atoms with van der Waals surface area (Å²) >= 11 is 0. The van der Waals surface area contributed by atoms with Gasteiger partial charge in [0.15, 0.2) is 5.96 Å². The van der Waals surface area contributed by atoms with E-state index in [9.17, 15) is 0 Å². The molecule has 1 aliphatic heterocycles. The Balaban J connectivity index is 1.97. The Hall–Kier alpha value is -2.29. The fourth-order valence-electron chi connectivity index (χ4n) is 2.34. The van der Waals surface area contributed by atoms with Gasteiger partial charge >= 0.3 is 0 Å². The summed E-state index contributed by atoms with van der Waals surface area (Å²) in [7, 11) is 0. The lowest BCUT2D eigenvalue weighted by molar-refractivity contribution is 0.572. The molecule has 0 spiro atoms. The van der Waals surface area contributed by atoms with Crippen molar-refractivity contribution in [2.24, 2.45) is 10.7 Å². The van der Waals surface area contributed by atoms with E-state index in [-0.39, 0.29) is 12.1 Å². The Labute approximate surface area is 106 Å². The third-order valence-electron chi connectivity index (χ3n) is 3.20. The van der Waals surface area contributed by atoms with Crippen molar-refractivity contribution in [1.29, 1.82) is 0 Å². The van der Waals surface area contributed by atoms with Crippen molar-refractivity contribution in [3.63, 3.8) is 0 Å². The highest BCUT2D eigenvalue weighted by molar-refractivity contribution is 5.81. The largest absolute Gasteiger partial charge is 0.370 e. The van der Waals surface area contributed by atoms with Gasteiger partial charge in [-0.05, 0) is 11.1 Å². The lowest BCUT2D eigenvalue weighted by Crippen LogP contribution is -2.30. The number of nitrogens with zero attached hydrogens (tertiary/aromatic N) is 1. The van der Waals surface area contributed by atoms with Crippen molar-refractivity contribution in [2.75, 3.05) is 0 Å². The molecule has 3 heteroatoms. The fourth-order valence-corrected chi connectivity index (χ4v) is 2.34. The van der Waals surface area contributed by atoms with Crippen LogP contribution in [0.15, 0.2) is 65.7 Å². The highest BCUT2D eigenvalue weighted by Gasteiger charge is 2.29. The SMILES string of the molecule is NC1=N[C@@H](c2ccccc2)[C@H](c2ccccc2)N1. The van der Waals surface area contributed by atoms with Crippen molar-refractivity contribution >= 4 is 5.96 Å². The fraction of sp³-hybridized carbons (Fsp3) is 0.133. The first-order chi connectivity index (χ1) is 8.84. The minimum atomic E-state index is 0.0496. The molecular formula is C15H15N3. The first kappa shape index (κ1) is 10.8. The van der Waals surface area contributed by atoms with Crippen molar-refractivity contribution in [1.82, 2.24) is 5.32 Å². The highest BCUT2D eigenvalue weighted by atomic mass is 15.2. The minimum Gasteiger partial charge on any atom is -0.370 e. The van der Waals surface area contributed by atoms with Crippen LogP contribution >= 0.6 is 0 Å². The lowest BCUT2D eigenvalue weighted by atomic mass is 9.95. The summed E-state index contributed by atoms with van der Waals surface area (Å²) in [5, 5.41) is 3.25. The van der Waals surface area contributed by atoms with E-state index in [0.29, 0.717) is 5.96 Å². The van der Waals surface area contributed by atoms with Gasteiger partial charge in [0.25, 0.3) is 0 Å². The quantitative estimate of drug-likeness (QED) is 0.842. The number of hydrogen-bond acceptors (Lipinski definition) is 3. The number of aliphatic imine (C=N–C) groups is 1. The molecule has 0 aliphatic carbocycles. The van der Waals surface area contributed by atoms with Gasteiger partial charge in [-0.25, -0.2) is 4.99 Å². The molecule has 0 amide bonds. The second-order valence-electron chi connectivity index (χ2n) is 4.40. The number of rotatable bonds is 2. The van der Waals surface area contributed by atoms with Gasteiger partial charge in [-0.2, -0.15) is 0 Å². The van der Waals surface area contributed by atoms with Gasteiger partial charge in [0.1, 0.15) is 6.04 Å². The van der Waals surface area contributed by atoms with E-state index >= 15 is 0 Å². The zero-order valence-corrected chi connectivity index (χ0v) is 9.95. The molecule has 3 rings (SSSR count). The second-order valence-corrected chi connectivity index (χ2v) is 4.40. The molecule has 2 aromatic rings. The van der Waals surface area contributed by atoms with Gasteiger partial charge in [-0.1, -0.05) is 60.7 Å². The maximum Gasteiger partial charge on any atom is 0.189 e. The van der Waals surface area contributed by atoms with Gasteiger partial charge in [0, 0.05) is 0 Å². The number of nitrogens with one attached hydrogen (secondary N) is 1. The second kappa shape index (κ2) is 4.53. The van der Waals surface area contributed by atoms with Crippen LogP contribution < -0.4 is 11.1 Å². The minimum absolute atomic E-state index is 0.0496. The summed E-state index contributed by atoms with van der Waals surface area (Å²) in [4.78, 5) is 4.50. The van der Waals surface area contributed by atoms with E-state index in [2.05, 4.69) is 34.6 Å². The van der Waals surface area contributed by atoms with Crippen LogP contribution in [0.1, 0.15) is 23.2 Å². The zero-order valence-electron chi connectivity index (χ0n) is 9.95. The Morgan fingerprint density at radius 1 is 0.833 bits per heavy atom. The molecule has 2 aromatic carbocycles. The van der Waals surface area contributed by atoms with Crippen molar-refractivity contribution in [2.45, 2.75) is 12.1 Å². The van der Waals surface area contributed by atoms with Crippen LogP contribution in [-0.4, -0.2) is 5.96 Å². The number of guanidine groups is 1. The lowest BCUT2D eigenvalue weighted by Gasteiger charge is -2.19. The Kier molecular flexibility index (Phi) is 2.73. The van der Waals surface area contributed by atoms with E-state index in [0.717, 1.165) is 0 Å². The van der Waals surface area contributed by atoms with Gasteiger partial charge in [0.05, 0.1) is 6.04 Å². The van der Waals surface area contributed by atoms with Crippen molar-refractivity contribution < 1.29 is 0 Å². The van der Waals surface area contributed by atoms with Crippen LogP contribution in [0.3, 0.4) is 0 Å². The third-order valence-corrected chi connectivity index (χ3v) is 3.20. The summed E-state index contributed by atoms with van der Waals surface area (Å²) in [5.41, 5.74) is 8.21. The third kappa shape index (κ3) is 1.95. The number of benzene rings is 2. The van der Waals surface area contributed by atoms with E-state index < -0.39 is 0 Å². The summed E-state index contributed by atoms with van der Waals surface area (Å²) in [6.45, 7) is 0. The summed E-state index contributed by atoms with van der Waals surface area (Å²) in [6, 6.07) is 20.7. The molecule has 0 fully saturated rings. The Morgan fingerprint density at radius 3 is 2.00 bits per heavy atom. The molecule has 0 saturated heterocycles. The summed E-state index contributed by atoms with van der Waals surface area (Å²) in [5.74, 6) is 0.512. The maximum absolute atomic E-state index is 5.83. The topological polar surface area (TPSA) is 50.4 Å². The molecule has 0 aromatic heterocycles. The monoisotopic (exact) mass is 237 g/mol. The molecule has 90 valence electrons. The molecule has 1 heterocycles. The average molecular weight is 237 g/mol. The molecule has 0 bridgehead atoms. The molecule has 2 atom stereocenters. The predicted molar refractivity (Wildman–Crippen MR) is 73.1 cm³/mol. The predicted octanol–water partition coefficient (Wildman–Crippen LogP) is 2.39. The Bertz CT molecular complexity index is 548. The summed E-state index contributed by atoms with van der Waals surface area (Å²) in [6.07, 6.45) is 0. The van der Waals surface area contributed by atoms with Gasteiger partial charge < -0.3 is 11.1 Å². The van der Waals surface area contributed by atoms with E-state index in [1.165, 1.54) is 11.1 Å². The van der Waals surface area contributed by atoms with E-state index in [1.807, 2.05) is 36.4 Å². The number of hydrogen-bond donors (Lipinski definition) is 2. The first-order valence-corrected chi connectivity index (χ1v) is 6.04. The molecule has 1 aliphatic rings. The first-order valence-electron chi connectivity index (χ1n) is 6.04. The molecule has 3 N–H and O–H groups in total. The molecule has 18 heavy (non-hydrogen) atoms. The molecule has 0 unspecified atom stereocenters. The van der Waals surface area contributed by atoms with E-state index in [4.69, 9.17) is 5.73 Å². The van der Waals surface area contributed by atoms with Gasteiger partial charge in [-0.15, -0.1) is 0 Å². The molecule has 3 nitrogen and oxygen atoms in total. The zero-order chi connectivity index (χ0) is 12.4. The number of nitrogens with two attached hydrogens (primary N) is 1. The van der Waals surface area contributed by atoms with Crippen LogP contribution in [0.5, 0.6) is 0 Å². The van der Waals surface area contributed by atoms with Crippen LogP contribution in [0.2, 0.25) is 0 Å². The smallest absolute Gasteiger partial charge is 0.189 e. The Morgan fingerprint density at radius 2 is 1.39 bits per heavy atom. The normalized spacial score (nSPS) is 22.3. The van der Waals surface area contributed by atoms with Crippen LogP contribution in [0.25, 0.3) is 0 Å². The molecule has 0 saturated carbocycles. The van der Waals surface area contributed by atoms with E-state index in [1.54, 1.807) is 0 Å². The maximum atomic E-state index is 5.83. The van der Waals surface area contributed by atoms with Crippen LogP contribution in [-0.2, 0) is 0 Å². The standard InChI is InChI=1S/C15H15N3/c16-15-17-13(11-7-3-1-4-8-11)14(18-15)12-9-5-2-6-10-12/h1-10,13-14H,(H3,16,17,18)/t13-,14-/m0/s1. The average Bonchev–Trinajstić information content (AvgIpc) is 2.83. The molecular weight excluding hydrogens is 222 g/mol. The van der Waals surface area contributed by atoms with Gasteiger partial charge in [0.2, 0.25) is 0 Å². The summed E-state index contributed by atoms with van der Waals surface area (Å²) < 4.78 is 0. The van der Waals surface area contributed by atoms with Crippen LogP contribution in [0.4, 0.5) is 0 Å². The molecule has 0 radical (unpaired) electrons. The van der Waals surface area contributed by atoms with Crippen molar-refractivity contribution in [3.05, 3.63) is 71.8 Å².